The molecule has 0 radical (unpaired) electrons. The molecule has 90 valence electrons. The van der Waals surface area contributed by atoms with Crippen LogP contribution in [0.5, 0.6) is 5.75 Å². The molecule has 0 aliphatic heterocycles. The topological polar surface area (TPSA) is 49.5 Å². The van der Waals surface area contributed by atoms with Gasteiger partial charge < -0.3 is 15.7 Å². The van der Waals surface area contributed by atoms with Crippen LogP contribution in [-0.2, 0) is 13.0 Å². The fraction of sp³-hybridized carbons (Fsp3) is 0.538. The minimum absolute atomic E-state index is 0.149. The second-order valence-electron chi connectivity index (χ2n) is 4.77. The van der Waals surface area contributed by atoms with E-state index in [1.165, 1.54) is 5.56 Å². The van der Waals surface area contributed by atoms with Gasteiger partial charge in [-0.3, -0.25) is 0 Å². The molecule has 16 heavy (non-hydrogen) atoms. The van der Waals surface area contributed by atoms with Crippen molar-refractivity contribution in [2.75, 3.05) is 14.1 Å². The summed E-state index contributed by atoms with van der Waals surface area (Å²) in [5.41, 5.74) is 9.20. The molecule has 0 saturated heterocycles. The lowest BCUT2D eigenvalue weighted by atomic mass is 9.96. The van der Waals surface area contributed by atoms with E-state index < -0.39 is 0 Å². The van der Waals surface area contributed by atoms with Crippen molar-refractivity contribution in [3.8, 4) is 5.75 Å². The van der Waals surface area contributed by atoms with E-state index in [0.29, 0.717) is 5.75 Å². The molecule has 0 spiro atoms. The monoisotopic (exact) mass is 222 g/mol. The molecule has 1 unspecified atom stereocenters. The van der Waals surface area contributed by atoms with Gasteiger partial charge in [0.25, 0.3) is 0 Å². The van der Waals surface area contributed by atoms with Gasteiger partial charge in [0.15, 0.2) is 0 Å². The first-order chi connectivity index (χ1) is 7.41. The van der Waals surface area contributed by atoms with Crippen molar-refractivity contribution in [1.29, 1.82) is 0 Å². The zero-order chi connectivity index (χ0) is 12.3. The molecule has 0 fully saturated rings. The summed E-state index contributed by atoms with van der Waals surface area (Å²) in [6.07, 6.45) is 0.854. The third-order valence-corrected chi connectivity index (χ3v) is 2.70. The lowest BCUT2D eigenvalue weighted by Crippen LogP contribution is -2.19. The molecule has 0 aromatic heterocycles. The van der Waals surface area contributed by atoms with Gasteiger partial charge in [-0.2, -0.15) is 0 Å². The maximum atomic E-state index is 9.84. The lowest BCUT2D eigenvalue weighted by Gasteiger charge is -2.17. The van der Waals surface area contributed by atoms with Crippen molar-refractivity contribution in [3.05, 3.63) is 28.8 Å². The van der Waals surface area contributed by atoms with Crippen LogP contribution in [0.25, 0.3) is 0 Å². The van der Waals surface area contributed by atoms with Gasteiger partial charge in [-0.1, -0.05) is 6.07 Å². The zero-order valence-corrected chi connectivity index (χ0v) is 10.6. The molecular formula is C13H22N2O. The van der Waals surface area contributed by atoms with Gasteiger partial charge in [0.05, 0.1) is 0 Å². The first-order valence-electron chi connectivity index (χ1n) is 5.62. The molecular weight excluding hydrogens is 200 g/mol. The van der Waals surface area contributed by atoms with Gasteiger partial charge in [0.1, 0.15) is 5.75 Å². The number of nitrogens with zero attached hydrogens (tertiary/aromatic N) is 1. The molecule has 1 aromatic rings. The number of benzene rings is 1. The molecule has 0 aliphatic carbocycles. The van der Waals surface area contributed by atoms with Crippen molar-refractivity contribution in [3.63, 3.8) is 0 Å². The summed E-state index contributed by atoms with van der Waals surface area (Å²) in [4.78, 5) is 2.05. The normalized spacial score (nSPS) is 13.1. The molecule has 3 heteroatoms. The van der Waals surface area contributed by atoms with E-state index in [-0.39, 0.29) is 6.04 Å². The van der Waals surface area contributed by atoms with Crippen molar-refractivity contribution in [2.45, 2.75) is 32.9 Å². The van der Waals surface area contributed by atoms with Crippen LogP contribution in [-0.4, -0.2) is 30.1 Å². The molecule has 0 amide bonds. The summed E-state index contributed by atoms with van der Waals surface area (Å²) in [6, 6.07) is 3.88. The Labute approximate surface area is 97.9 Å². The predicted molar refractivity (Wildman–Crippen MR) is 67.6 cm³/mol. The van der Waals surface area contributed by atoms with E-state index in [1.807, 2.05) is 27.1 Å². The smallest absolute Gasteiger partial charge is 0.120 e. The summed E-state index contributed by atoms with van der Waals surface area (Å²) in [5, 5.41) is 9.84. The van der Waals surface area contributed by atoms with Gasteiger partial charge in [-0.05, 0) is 51.6 Å². The third kappa shape index (κ3) is 3.22. The summed E-state index contributed by atoms with van der Waals surface area (Å²) < 4.78 is 0. The Morgan fingerprint density at radius 3 is 2.50 bits per heavy atom. The molecule has 3 N–H and O–H groups in total. The molecule has 1 aromatic carbocycles. The fourth-order valence-electron chi connectivity index (χ4n) is 1.87. The summed E-state index contributed by atoms with van der Waals surface area (Å²) in [5.74, 6) is 0.375. The highest BCUT2D eigenvalue weighted by Gasteiger charge is 2.11. The van der Waals surface area contributed by atoms with Gasteiger partial charge in [0.2, 0.25) is 0 Å². The van der Waals surface area contributed by atoms with Crippen LogP contribution in [0.15, 0.2) is 12.1 Å². The second-order valence-corrected chi connectivity index (χ2v) is 4.77. The molecule has 1 rings (SSSR count). The highest BCUT2D eigenvalue weighted by atomic mass is 16.3. The second kappa shape index (κ2) is 5.32. The largest absolute Gasteiger partial charge is 0.508 e. The zero-order valence-electron chi connectivity index (χ0n) is 10.6. The summed E-state index contributed by atoms with van der Waals surface area (Å²) >= 11 is 0. The number of phenolic OH excluding ortho intramolecular Hbond substituents is 1. The Bertz CT molecular complexity index is 359. The number of nitrogens with two attached hydrogens (primary N) is 1. The van der Waals surface area contributed by atoms with Crippen molar-refractivity contribution >= 4 is 0 Å². The van der Waals surface area contributed by atoms with Crippen LogP contribution in [0, 0.1) is 6.92 Å². The number of hydrogen-bond donors (Lipinski definition) is 2. The quantitative estimate of drug-likeness (QED) is 0.814. The van der Waals surface area contributed by atoms with E-state index in [2.05, 4.69) is 11.8 Å². The average molecular weight is 222 g/mol. The molecule has 1 atom stereocenters. The Morgan fingerprint density at radius 1 is 1.38 bits per heavy atom. The standard InChI is InChI=1S/C13H22N2O/c1-9(14)7-11-5-6-13(16)12(10(11)2)8-15(3)4/h5-6,9,16H,7-8,14H2,1-4H3. The van der Waals surface area contributed by atoms with E-state index in [9.17, 15) is 5.11 Å². The van der Waals surface area contributed by atoms with Crippen LogP contribution in [0.2, 0.25) is 0 Å². The summed E-state index contributed by atoms with van der Waals surface area (Å²) in [7, 11) is 3.99. The van der Waals surface area contributed by atoms with Crippen LogP contribution in [0.3, 0.4) is 0 Å². The van der Waals surface area contributed by atoms with E-state index >= 15 is 0 Å². The molecule has 0 saturated carbocycles. The molecule has 3 nitrogen and oxygen atoms in total. The molecule has 0 aliphatic rings. The Kier molecular flexibility index (Phi) is 4.33. The van der Waals surface area contributed by atoms with Crippen LogP contribution in [0.4, 0.5) is 0 Å². The highest BCUT2D eigenvalue weighted by Crippen LogP contribution is 2.25. The van der Waals surface area contributed by atoms with Gasteiger partial charge in [-0.25, -0.2) is 0 Å². The first kappa shape index (κ1) is 13.0. The number of rotatable bonds is 4. The van der Waals surface area contributed by atoms with E-state index in [4.69, 9.17) is 5.73 Å². The van der Waals surface area contributed by atoms with Crippen molar-refractivity contribution in [1.82, 2.24) is 4.90 Å². The minimum Gasteiger partial charge on any atom is -0.508 e. The van der Waals surface area contributed by atoms with Gasteiger partial charge >= 0.3 is 0 Å². The first-order valence-corrected chi connectivity index (χ1v) is 5.62. The lowest BCUT2D eigenvalue weighted by molar-refractivity contribution is 0.384. The van der Waals surface area contributed by atoms with Gasteiger partial charge in [-0.15, -0.1) is 0 Å². The number of aromatic hydroxyl groups is 1. The van der Waals surface area contributed by atoms with Crippen molar-refractivity contribution in [2.24, 2.45) is 5.73 Å². The maximum Gasteiger partial charge on any atom is 0.120 e. The molecule has 0 bridgehead atoms. The number of hydrogen-bond acceptors (Lipinski definition) is 3. The van der Waals surface area contributed by atoms with Crippen LogP contribution >= 0.6 is 0 Å². The Hall–Kier alpha value is -1.06. The van der Waals surface area contributed by atoms with E-state index in [0.717, 1.165) is 24.1 Å². The van der Waals surface area contributed by atoms with Crippen molar-refractivity contribution < 1.29 is 5.11 Å². The average Bonchev–Trinajstić information content (AvgIpc) is 2.16. The SMILES string of the molecule is Cc1c(CC(C)N)ccc(O)c1CN(C)C. The van der Waals surface area contributed by atoms with Crippen LogP contribution < -0.4 is 5.73 Å². The van der Waals surface area contributed by atoms with Gasteiger partial charge in [0, 0.05) is 18.2 Å². The predicted octanol–water partition coefficient (Wildman–Crippen LogP) is 1.65. The number of phenols is 1. The minimum atomic E-state index is 0.149. The summed E-state index contributed by atoms with van der Waals surface area (Å²) in [6.45, 7) is 4.80. The maximum absolute atomic E-state index is 9.84. The Balaban J connectivity index is 3.06. The highest BCUT2D eigenvalue weighted by molar-refractivity contribution is 5.44. The fourth-order valence-corrected chi connectivity index (χ4v) is 1.87. The third-order valence-electron chi connectivity index (χ3n) is 2.70. The molecule has 0 heterocycles. The Morgan fingerprint density at radius 2 is 2.00 bits per heavy atom. The van der Waals surface area contributed by atoms with E-state index in [1.54, 1.807) is 6.07 Å². The van der Waals surface area contributed by atoms with Crippen LogP contribution in [0.1, 0.15) is 23.6 Å².